The molecule has 5 heteroatoms. The molecular formula is C14H29N3O2. The molecule has 19 heavy (non-hydrogen) atoms. The number of carbonyl (C=O) groups is 1. The van der Waals surface area contributed by atoms with Crippen LogP contribution in [0, 0.1) is 5.92 Å². The SMILES string of the molecule is CC1CCCN(C(C)(C)CNC(=O)NC(C)CO)C1. The quantitative estimate of drug-likeness (QED) is 0.703. The monoisotopic (exact) mass is 271 g/mol. The predicted molar refractivity (Wildman–Crippen MR) is 77.1 cm³/mol. The maximum absolute atomic E-state index is 11.7. The van der Waals surface area contributed by atoms with Crippen molar-refractivity contribution in [1.82, 2.24) is 15.5 Å². The lowest BCUT2D eigenvalue weighted by atomic mass is 9.93. The van der Waals surface area contributed by atoms with E-state index < -0.39 is 0 Å². The van der Waals surface area contributed by atoms with Crippen LogP contribution in [-0.2, 0) is 0 Å². The molecule has 0 bridgehead atoms. The molecule has 0 spiro atoms. The van der Waals surface area contributed by atoms with Crippen molar-refractivity contribution in [2.75, 3.05) is 26.2 Å². The van der Waals surface area contributed by atoms with Gasteiger partial charge in [0.15, 0.2) is 0 Å². The van der Waals surface area contributed by atoms with Gasteiger partial charge in [-0.15, -0.1) is 0 Å². The Hall–Kier alpha value is -0.810. The summed E-state index contributed by atoms with van der Waals surface area (Å²) in [5.41, 5.74) is -0.0333. The van der Waals surface area contributed by atoms with Gasteiger partial charge in [0.1, 0.15) is 0 Å². The highest BCUT2D eigenvalue weighted by atomic mass is 16.3. The Bertz CT molecular complexity index is 294. The van der Waals surface area contributed by atoms with E-state index in [9.17, 15) is 4.79 Å². The molecule has 3 N–H and O–H groups in total. The number of rotatable bonds is 5. The Balaban J connectivity index is 2.39. The summed E-state index contributed by atoms with van der Waals surface area (Å²) in [6.07, 6.45) is 2.53. The fourth-order valence-corrected chi connectivity index (χ4v) is 2.47. The Morgan fingerprint density at radius 1 is 1.53 bits per heavy atom. The van der Waals surface area contributed by atoms with Crippen LogP contribution in [0.25, 0.3) is 0 Å². The molecule has 2 atom stereocenters. The third-order valence-electron chi connectivity index (χ3n) is 3.85. The van der Waals surface area contributed by atoms with E-state index in [4.69, 9.17) is 5.11 Å². The second kappa shape index (κ2) is 7.10. The Morgan fingerprint density at radius 2 is 2.21 bits per heavy atom. The van der Waals surface area contributed by atoms with Crippen LogP contribution in [0.2, 0.25) is 0 Å². The van der Waals surface area contributed by atoms with Crippen LogP contribution >= 0.6 is 0 Å². The van der Waals surface area contributed by atoms with Gasteiger partial charge in [-0.25, -0.2) is 4.79 Å². The largest absolute Gasteiger partial charge is 0.394 e. The summed E-state index contributed by atoms with van der Waals surface area (Å²) in [5.74, 6) is 0.733. The van der Waals surface area contributed by atoms with Gasteiger partial charge in [-0.1, -0.05) is 6.92 Å². The van der Waals surface area contributed by atoms with E-state index in [0.29, 0.717) is 6.54 Å². The fraction of sp³-hybridized carbons (Fsp3) is 0.929. The van der Waals surface area contributed by atoms with Gasteiger partial charge in [-0.2, -0.15) is 0 Å². The molecule has 2 amide bonds. The van der Waals surface area contributed by atoms with Gasteiger partial charge in [0.05, 0.1) is 12.6 Å². The number of urea groups is 1. The van der Waals surface area contributed by atoms with Gasteiger partial charge in [0.25, 0.3) is 0 Å². The first-order valence-corrected chi connectivity index (χ1v) is 7.25. The highest BCUT2D eigenvalue weighted by molar-refractivity contribution is 5.74. The van der Waals surface area contributed by atoms with Crippen molar-refractivity contribution in [3.63, 3.8) is 0 Å². The van der Waals surface area contributed by atoms with Gasteiger partial charge in [0, 0.05) is 18.6 Å². The second-order valence-electron chi connectivity index (χ2n) is 6.42. The highest BCUT2D eigenvalue weighted by Gasteiger charge is 2.30. The average Bonchev–Trinajstić information content (AvgIpc) is 2.36. The highest BCUT2D eigenvalue weighted by Crippen LogP contribution is 2.23. The number of carbonyl (C=O) groups excluding carboxylic acids is 1. The normalized spacial score (nSPS) is 22.9. The maximum atomic E-state index is 11.7. The molecule has 0 aliphatic carbocycles. The predicted octanol–water partition coefficient (Wildman–Crippen LogP) is 1.18. The van der Waals surface area contributed by atoms with E-state index in [1.165, 1.54) is 12.8 Å². The van der Waals surface area contributed by atoms with Crippen molar-refractivity contribution in [2.45, 2.75) is 52.1 Å². The molecule has 1 aliphatic heterocycles. The number of likely N-dealkylation sites (tertiary alicyclic amines) is 1. The topological polar surface area (TPSA) is 64.6 Å². The Morgan fingerprint density at radius 3 is 2.79 bits per heavy atom. The van der Waals surface area contributed by atoms with Crippen LogP contribution in [-0.4, -0.2) is 53.9 Å². The number of aliphatic hydroxyl groups is 1. The molecule has 1 saturated heterocycles. The molecule has 2 unspecified atom stereocenters. The number of nitrogens with zero attached hydrogens (tertiary/aromatic N) is 1. The Labute approximate surface area is 116 Å². The van der Waals surface area contributed by atoms with Crippen LogP contribution in [0.5, 0.6) is 0 Å². The van der Waals surface area contributed by atoms with E-state index in [2.05, 4.69) is 36.3 Å². The minimum atomic E-state index is -0.210. The van der Waals surface area contributed by atoms with Crippen LogP contribution in [0.1, 0.15) is 40.5 Å². The zero-order valence-corrected chi connectivity index (χ0v) is 12.7. The van der Waals surface area contributed by atoms with Gasteiger partial charge in [-0.3, -0.25) is 4.90 Å². The molecule has 1 aliphatic rings. The van der Waals surface area contributed by atoms with Crippen molar-refractivity contribution >= 4 is 6.03 Å². The summed E-state index contributed by atoms with van der Waals surface area (Å²) in [6.45, 7) is 11.2. The number of piperidine rings is 1. The van der Waals surface area contributed by atoms with E-state index in [1.54, 1.807) is 6.92 Å². The van der Waals surface area contributed by atoms with Gasteiger partial charge in [-0.05, 0) is 46.1 Å². The molecule has 5 nitrogen and oxygen atoms in total. The number of hydrogen-bond donors (Lipinski definition) is 3. The van der Waals surface area contributed by atoms with E-state index in [0.717, 1.165) is 19.0 Å². The summed E-state index contributed by atoms with van der Waals surface area (Å²) < 4.78 is 0. The number of amides is 2. The number of aliphatic hydroxyl groups excluding tert-OH is 1. The lowest BCUT2D eigenvalue weighted by Gasteiger charge is -2.43. The van der Waals surface area contributed by atoms with Gasteiger partial charge in [0.2, 0.25) is 0 Å². The van der Waals surface area contributed by atoms with Gasteiger partial charge >= 0.3 is 6.03 Å². The minimum Gasteiger partial charge on any atom is -0.394 e. The van der Waals surface area contributed by atoms with Crippen molar-refractivity contribution in [3.05, 3.63) is 0 Å². The summed E-state index contributed by atoms with van der Waals surface area (Å²) in [4.78, 5) is 14.1. The standard InChI is InChI=1S/C14H29N3O2/c1-11-6-5-7-17(8-11)14(3,4)10-15-13(19)16-12(2)9-18/h11-12,18H,5-10H2,1-4H3,(H2,15,16,19). The van der Waals surface area contributed by atoms with Crippen molar-refractivity contribution in [1.29, 1.82) is 0 Å². The second-order valence-corrected chi connectivity index (χ2v) is 6.42. The van der Waals surface area contributed by atoms with E-state index >= 15 is 0 Å². The molecule has 1 heterocycles. The number of nitrogens with one attached hydrogen (secondary N) is 2. The molecule has 1 fully saturated rings. The van der Waals surface area contributed by atoms with Crippen molar-refractivity contribution < 1.29 is 9.90 Å². The molecule has 1 rings (SSSR count). The maximum Gasteiger partial charge on any atom is 0.315 e. The first-order valence-electron chi connectivity index (χ1n) is 7.25. The smallest absolute Gasteiger partial charge is 0.315 e. The summed E-state index contributed by atoms with van der Waals surface area (Å²) in [5, 5.41) is 14.5. The van der Waals surface area contributed by atoms with Crippen molar-refractivity contribution in [2.24, 2.45) is 5.92 Å². The summed E-state index contributed by atoms with van der Waals surface area (Å²) in [7, 11) is 0. The summed E-state index contributed by atoms with van der Waals surface area (Å²) in [6, 6.07) is -0.419. The third kappa shape index (κ3) is 5.37. The first kappa shape index (κ1) is 16.2. The Kier molecular flexibility index (Phi) is 6.07. The summed E-state index contributed by atoms with van der Waals surface area (Å²) >= 11 is 0. The first-order chi connectivity index (χ1) is 8.85. The molecule has 0 saturated carbocycles. The lowest BCUT2D eigenvalue weighted by molar-refractivity contribution is 0.0722. The zero-order valence-electron chi connectivity index (χ0n) is 12.7. The van der Waals surface area contributed by atoms with Crippen LogP contribution < -0.4 is 10.6 Å². The lowest BCUT2D eigenvalue weighted by Crippen LogP contribution is -2.56. The molecular weight excluding hydrogens is 242 g/mol. The fourth-order valence-electron chi connectivity index (χ4n) is 2.47. The molecule has 112 valence electrons. The average molecular weight is 271 g/mol. The van der Waals surface area contributed by atoms with Crippen LogP contribution in [0.3, 0.4) is 0 Å². The molecule has 0 aromatic heterocycles. The van der Waals surface area contributed by atoms with E-state index in [-0.39, 0.29) is 24.2 Å². The molecule has 0 aromatic carbocycles. The molecule has 0 aromatic rings. The van der Waals surface area contributed by atoms with Gasteiger partial charge < -0.3 is 15.7 Å². The van der Waals surface area contributed by atoms with E-state index in [1.807, 2.05) is 0 Å². The minimum absolute atomic E-state index is 0.0333. The van der Waals surface area contributed by atoms with Crippen LogP contribution in [0.15, 0.2) is 0 Å². The molecule has 0 radical (unpaired) electrons. The number of hydrogen-bond acceptors (Lipinski definition) is 3. The van der Waals surface area contributed by atoms with Crippen LogP contribution in [0.4, 0.5) is 4.79 Å². The zero-order chi connectivity index (χ0) is 14.5. The van der Waals surface area contributed by atoms with Crippen molar-refractivity contribution in [3.8, 4) is 0 Å². The third-order valence-corrected chi connectivity index (χ3v) is 3.85.